The molecule has 1 amide bonds. The number of ether oxygens (including phenoxy) is 1. The van der Waals surface area contributed by atoms with Crippen LogP contribution < -0.4 is 15.6 Å². The van der Waals surface area contributed by atoms with E-state index in [2.05, 4.69) is 10.3 Å². The molecular formula is C21H23N3O3. The summed E-state index contributed by atoms with van der Waals surface area (Å²) >= 11 is 0. The maximum Gasteiger partial charge on any atom is 0.267 e. The van der Waals surface area contributed by atoms with Gasteiger partial charge in [0.15, 0.2) is 0 Å². The molecule has 140 valence electrons. The van der Waals surface area contributed by atoms with Crippen molar-refractivity contribution in [3.63, 3.8) is 0 Å². The van der Waals surface area contributed by atoms with Gasteiger partial charge in [-0.05, 0) is 37.7 Å². The first-order valence-corrected chi connectivity index (χ1v) is 8.71. The highest BCUT2D eigenvalue weighted by atomic mass is 16.5. The molecule has 0 aliphatic heterocycles. The molecule has 3 rings (SSSR count). The van der Waals surface area contributed by atoms with E-state index in [0.717, 1.165) is 16.7 Å². The van der Waals surface area contributed by atoms with Crippen molar-refractivity contribution < 1.29 is 9.53 Å². The second-order valence-corrected chi connectivity index (χ2v) is 6.53. The topological polar surface area (TPSA) is 74.4 Å². The third kappa shape index (κ3) is 4.01. The van der Waals surface area contributed by atoms with Crippen LogP contribution in [0.25, 0.3) is 10.8 Å². The zero-order chi connectivity index (χ0) is 19.4. The number of amides is 1. The molecule has 3 aromatic rings. The van der Waals surface area contributed by atoms with Gasteiger partial charge in [-0.3, -0.25) is 9.59 Å². The monoisotopic (exact) mass is 365 g/mol. The second-order valence-electron chi connectivity index (χ2n) is 6.53. The number of benzene rings is 2. The molecule has 0 saturated carbocycles. The SMILES string of the molecule is COc1ccccc1C(CNC(=O)c1cc2ccccc2c(=O)[nH]1)N(C)C. The number of para-hydroxylation sites is 1. The lowest BCUT2D eigenvalue weighted by molar-refractivity contribution is 0.0936. The molecule has 0 aliphatic rings. The highest BCUT2D eigenvalue weighted by Crippen LogP contribution is 2.27. The summed E-state index contributed by atoms with van der Waals surface area (Å²) in [6, 6.07) is 16.5. The van der Waals surface area contributed by atoms with Crippen molar-refractivity contribution in [2.75, 3.05) is 27.7 Å². The van der Waals surface area contributed by atoms with E-state index >= 15 is 0 Å². The number of pyridine rings is 1. The van der Waals surface area contributed by atoms with Gasteiger partial charge in [0.05, 0.1) is 13.2 Å². The summed E-state index contributed by atoms with van der Waals surface area (Å²) in [7, 11) is 5.52. The van der Waals surface area contributed by atoms with E-state index < -0.39 is 0 Å². The van der Waals surface area contributed by atoms with Gasteiger partial charge in [0.2, 0.25) is 0 Å². The van der Waals surface area contributed by atoms with Crippen molar-refractivity contribution in [3.8, 4) is 5.75 Å². The van der Waals surface area contributed by atoms with Gasteiger partial charge < -0.3 is 19.9 Å². The van der Waals surface area contributed by atoms with Crippen molar-refractivity contribution in [3.05, 3.63) is 76.2 Å². The lowest BCUT2D eigenvalue weighted by Gasteiger charge is -2.26. The fraction of sp³-hybridized carbons (Fsp3) is 0.238. The van der Waals surface area contributed by atoms with E-state index in [-0.39, 0.29) is 23.2 Å². The number of carbonyl (C=O) groups is 1. The van der Waals surface area contributed by atoms with E-state index in [0.29, 0.717) is 11.9 Å². The molecule has 0 fully saturated rings. The Bertz CT molecular complexity index is 1010. The molecule has 0 saturated heterocycles. The van der Waals surface area contributed by atoms with Crippen LogP contribution in [0.4, 0.5) is 0 Å². The molecule has 0 aliphatic carbocycles. The van der Waals surface area contributed by atoms with Crippen molar-refractivity contribution >= 4 is 16.7 Å². The number of aromatic nitrogens is 1. The maximum atomic E-state index is 12.6. The molecule has 0 radical (unpaired) electrons. The molecule has 2 aromatic carbocycles. The number of likely N-dealkylation sites (N-methyl/N-ethyl adjacent to an activating group) is 1. The van der Waals surface area contributed by atoms with Gasteiger partial charge in [-0.15, -0.1) is 0 Å². The molecular weight excluding hydrogens is 342 g/mol. The summed E-state index contributed by atoms with van der Waals surface area (Å²) in [5.41, 5.74) is 0.959. The Hall–Kier alpha value is -3.12. The Labute approximate surface area is 157 Å². The van der Waals surface area contributed by atoms with E-state index in [9.17, 15) is 9.59 Å². The lowest BCUT2D eigenvalue weighted by Crippen LogP contribution is -2.35. The van der Waals surface area contributed by atoms with Crippen LogP contribution in [-0.4, -0.2) is 43.5 Å². The van der Waals surface area contributed by atoms with Crippen molar-refractivity contribution in [1.29, 1.82) is 0 Å². The zero-order valence-electron chi connectivity index (χ0n) is 15.7. The molecule has 1 atom stereocenters. The van der Waals surface area contributed by atoms with Crippen LogP contribution in [-0.2, 0) is 0 Å². The molecule has 27 heavy (non-hydrogen) atoms. The van der Waals surface area contributed by atoms with Crippen LogP contribution in [0.2, 0.25) is 0 Å². The summed E-state index contributed by atoms with van der Waals surface area (Å²) in [5.74, 6) is 0.448. The van der Waals surface area contributed by atoms with Crippen LogP contribution in [0.5, 0.6) is 5.75 Å². The van der Waals surface area contributed by atoms with E-state index in [1.54, 1.807) is 25.3 Å². The number of hydrogen-bond donors (Lipinski definition) is 2. The minimum absolute atomic E-state index is 0.0720. The number of aromatic amines is 1. The largest absolute Gasteiger partial charge is 0.496 e. The first kappa shape index (κ1) is 18.7. The van der Waals surface area contributed by atoms with Crippen LogP contribution >= 0.6 is 0 Å². The highest BCUT2D eigenvalue weighted by molar-refractivity contribution is 5.96. The third-order valence-corrected chi connectivity index (χ3v) is 4.58. The van der Waals surface area contributed by atoms with E-state index in [1.807, 2.05) is 55.4 Å². The second kappa shape index (κ2) is 8.05. The zero-order valence-corrected chi connectivity index (χ0v) is 15.7. The molecule has 2 N–H and O–H groups in total. The molecule has 1 aromatic heterocycles. The Morgan fingerprint density at radius 1 is 1.15 bits per heavy atom. The lowest BCUT2D eigenvalue weighted by atomic mass is 10.0. The van der Waals surface area contributed by atoms with Crippen LogP contribution in [0, 0.1) is 0 Å². The van der Waals surface area contributed by atoms with Crippen molar-refractivity contribution in [2.24, 2.45) is 0 Å². The number of nitrogens with zero attached hydrogens (tertiary/aromatic N) is 1. The minimum Gasteiger partial charge on any atom is -0.496 e. The predicted molar refractivity (Wildman–Crippen MR) is 106 cm³/mol. The summed E-state index contributed by atoms with van der Waals surface area (Å²) in [6.07, 6.45) is 0. The van der Waals surface area contributed by atoms with Gasteiger partial charge in [-0.2, -0.15) is 0 Å². The molecule has 1 unspecified atom stereocenters. The summed E-state index contributed by atoms with van der Waals surface area (Å²) < 4.78 is 5.44. The van der Waals surface area contributed by atoms with Gasteiger partial charge in [0.25, 0.3) is 11.5 Å². The number of rotatable bonds is 6. The molecule has 0 bridgehead atoms. The highest BCUT2D eigenvalue weighted by Gasteiger charge is 2.19. The molecule has 6 nitrogen and oxygen atoms in total. The number of carbonyl (C=O) groups excluding carboxylic acids is 1. The average Bonchev–Trinajstić information content (AvgIpc) is 2.68. The molecule has 0 spiro atoms. The van der Waals surface area contributed by atoms with Crippen LogP contribution in [0.1, 0.15) is 22.1 Å². The Balaban J connectivity index is 1.82. The fourth-order valence-electron chi connectivity index (χ4n) is 3.13. The predicted octanol–water partition coefficient (Wildman–Crippen LogP) is 2.57. The summed E-state index contributed by atoms with van der Waals surface area (Å²) in [5, 5.41) is 4.22. The van der Waals surface area contributed by atoms with Crippen molar-refractivity contribution in [2.45, 2.75) is 6.04 Å². The molecule has 1 heterocycles. The van der Waals surface area contributed by atoms with Crippen molar-refractivity contribution in [1.82, 2.24) is 15.2 Å². The van der Waals surface area contributed by atoms with Gasteiger partial charge in [-0.25, -0.2) is 0 Å². The Kier molecular flexibility index (Phi) is 5.57. The summed E-state index contributed by atoms with van der Waals surface area (Å²) in [6.45, 7) is 0.376. The number of nitrogens with one attached hydrogen (secondary N) is 2. The summed E-state index contributed by atoms with van der Waals surface area (Å²) in [4.78, 5) is 29.5. The Morgan fingerprint density at radius 2 is 1.85 bits per heavy atom. The standard InChI is InChI=1S/C21H23N3O3/c1-24(2)18(16-10-6-7-11-19(16)27-3)13-22-21(26)17-12-14-8-4-5-9-15(14)20(25)23-17/h4-12,18H,13H2,1-3H3,(H,22,26)(H,23,25). The third-order valence-electron chi connectivity index (χ3n) is 4.58. The molecule has 6 heteroatoms. The first-order chi connectivity index (χ1) is 13.0. The van der Waals surface area contributed by atoms with E-state index in [4.69, 9.17) is 4.74 Å². The van der Waals surface area contributed by atoms with Gasteiger partial charge in [0, 0.05) is 17.5 Å². The van der Waals surface area contributed by atoms with Gasteiger partial charge in [0.1, 0.15) is 11.4 Å². The number of H-pyrrole nitrogens is 1. The Morgan fingerprint density at radius 3 is 2.59 bits per heavy atom. The fourth-order valence-corrected chi connectivity index (χ4v) is 3.13. The van der Waals surface area contributed by atoms with Crippen LogP contribution in [0.15, 0.2) is 59.4 Å². The quantitative estimate of drug-likeness (QED) is 0.704. The van der Waals surface area contributed by atoms with Gasteiger partial charge >= 0.3 is 0 Å². The van der Waals surface area contributed by atoms with Gasteiger partial charge in [-0.1, -0.05) is 36.4 Å². The normalized spacial score (nSPS) is 12.1. The average molecular weight is 365 g/mol. The van der Waals surface area contributed by atoms with E-state index in [1.165, 1.54) is 0 Å². The number of hydrogen-bond acceptors (Lipinski definition) is 4. The first-order valence-electron chi connectivity index (χ1n) is 8.71. The van der Waals surface area contributed by atoms with Crippen LogP contribution in [0.3, 0.4) is 0 Å². The number of fused-ring (bicyclic) bond motifs is 1. The smallest absolute Gasteiger partial charge is 0.267 e. The minimum atomic E-state index is -0.320. The number of methoxy groups -OCH3 is 1. The maximum absolute atomic E-state index is 12.6.